The van der Waals surface area contributed by atoms with Gasteiger partial charge < -0.3 is 5.32 Å². The van der Waals surface area contributed by atoms with E-state index in [0.717, 1.165) is 25.1 Å². The number of hydrogen-bond donors (Lipinski definition) is 1. The fourth-order valence-corrected chi connectivity index (χ4v) is 4.38. The summed E-state index contributed by atoms with van der Waals surface area (Å²) in [6.07, 6.45) is 0.982. The molecule has 1 unspecified atom stereocenters. The minimum absolute atomic E-state index is 0.376. The molecule has 0 aliphatic heterocycles. The molecule has 0 spiro atoms. The van der Waals surface area contributed by atoms with Gasteiger partial charge in [-0.15, -0.1) is 11.3 Å². The third-order valence-electron chi connectivity index (χ3n) is 3.14. The van der Waals surface area contributed by atoms with Crippen LogP contribution >= 0.6 is 11.3 Å². The molecule has 0 amide bonds. The van der Waals surface area contributed by atoms with Gasteiger partial charge in [-0.05, 0) is 29.5 Å². The van der Waals surface area contributed by atoms with Crippen molar-refractivity contribution in [2.75, 3.05) is 20.1 Å². The van der Waals surface area contributed by atoms with Gasteiger partial charge in [0.05, 0.1) is 0 Å². The molecule has 1 rings (SSSR count). The minimum Gasteiger partial charge on any atom is -0.313 e. The summed E-state index contributed by atoms with van der Waals surface area (Å²) in [5, 5.41) is 5.11. The maximum Gasteiger partial charge on any atom is 0.252 e. The van der Waals surface area contributed by atoms with Gasteiger partial charge in [-0.1, -0.05) is 27.2 Å². The topological polar surface area (TPSA) is 49.4 Å². The summed E-state index contributed by atoms with van der Waals surface area (Å²) in [6, 6.07) is 1.77. The first kappa shape index (κ1) is 16.6. The Balaban J connectivity index is 2.79. The number of nitrogens with one attached hydrogen (secondary N) is 1. The molecule has 6 heteroatoms. The second-order valence-corrected chi connectivity index (χ2v) is 8.04. The number of sulfonamides is 1. The Bertz CT molecular complexity index is 483. The standard InChI is InChI=1S/C13H24N2O2S2/c1-5-11(3)9-15(4)19(16,17)13-7-12(10-18-13)8-14-6-2/h7,10-11,14H,5-6,8-9H2,1-4H3. The van der Waals surface area contributed by atoms with Crippen LogP contribution < -0.4 is 5.32 Å². The summed E-state index contributed by atoms with van der Waals surface area (Å²) in [5.41, 5.74) is 1.03. The van der Waals surface area contributed by atoms with Crippen LogP contribution in [0.5, 0.6) is 0 Å². The summed E-state index contributed by atoms with van der Waals surface area (Å²) >= 11 is 1.30. The Labute approximate surface area is 120 Å². The van der Waals surface area contributed by atoms with Gasteiger partial charge in [-0.25, -0.2) is 8.42 Å². The third kappa shape index (κ3) is 4.56. The average molecular weight is 304 g/mol. The van der Waals surface area contributed by atoms with Crippen LogP contribution in [0.25, 0.3) is 0 Å². The molecule has 1 atom stereocenters. The number of rotatable bonds is 8. The van der Waals surface area contributed by atoms with Gasteiger partial charge in [0.2, 0.25) is 0 Å². The molecule has 0 aliphatic rings. The van der Waals surface area contributed by atoms with Crippen molar-refractivity contribution in [3.63, 3.8) is 0 Å². The molecule has 1 aromatic heterocycles. The van der Waals surface area contributed by atoms with Gasteiger partial charge in [0.15, 0.2) is 0 Å². The van der Waals surface area contributed by atoms with Crippen molar-refractivity contribution in [3.8, 4) is 0 Å². The molecule has 0 aliphatic carbocycles. The van der Waals surface area contributed by atoms with Crippen LogP contribution in [0.1, 0.15) is 32.8 Å². The van der Waals surface area contributed by atoms with Crippen LogP contribution in [0.2, 0.25) is 0 Å². The van der Waals surface area contributed by atoms with E-state index in [0.29, 0.717) is 16.7 Å². The summed E-state index contributed by atoms with van der Waals surface area (Å²) < 4.78 is 26.7. The van der Waals surface area contributed by atoms with Crippen molar-refractivity contribution < 1.29 is 8.42 Å². The molecule has 0 saturated heterocycles. The zero-order valence-electron chi connectivity index (χ0n) is 12.1. The minimum atomic E-state index is -3.32. The summed E-state index contributed by atoms with van der Waals surface area (Å²) in [4.78, 5) is 0. The van der Waals surface area contributed by atoms with Crippen LogP contribution in [0, 0.1) is 5.92 Å². The molecule has 0 radical (unpaired) electrons. The fourth-order valence-electron chi connectivity index (χ4n) is 1.67. The second kappa shape index (κ2) is 7.38. The van der Waals surface area contributed by atoms with Crippen LogP contribution in [0.15, 0.2) is 15.7 Å². The van der Waals surface area contributed by atoms with E-state index in [1.165, 1.54) is 15.6 Å². The van der Waals surface area contributed by atoms with E-state index in [1.807, 2.05) is 12.3 Å². The quantitative estimate of drug-likeness (QED) is 0.803. The lowest BCUT2D eigenvalue weighted by molar-refractivity contribution is 0.394. The zero-order chi connectivity index (χ0) is 14.5. The molecule has 1 aromatic rings. The van der Waals surface area contributed by atoms with Gasteiger partial charge in [0.1, 0.15) is 4.21 Å². The maximum atomic E-state index is 12.4. The molecule has 0 saturated carbocycles. The highest BCUT2D eigenvalue weighted by Gasteiger charge is 2.23. The van der Waals surface area contributed by atoms with E-state index in [9.17, 15) is 8.42 Å². The summed E-state index contributed by atoms with van der Waals surface area (Å²) in [5.74, 6) is 0.376. The highest BCUT2D eigenvalue weighted by Crippen LogP contribution is 2.24. The van der Waals surface area contributed by atoms with Gasteiger partial charge in [0.25, 0.3) is 10.0 Å². The van der Waals surface area contributed by atoms with Crippen LogP contribution in [0.4, 0.5) is 0 Å². The zero-order valence-corrected chi connectivity index (χ0v) is 13.8. The predicted molar refractivity (Wildman–Crippen MR) is 81.0 cm³/mol. The molecular weight excluding hydrogens is 280 g/mol. The maximum absolute atomic E-state index is 12.4. The lowest BCUT2D eigenvalue weighted by Gasteiger charge is -2.19. The number of hydrogen-bond acceptors (Lipinski definition) is 4. The van der Waals surface area contributed by atoms with Crippen molar-refractivity contribution >= 4 is 21.4 Å². The Hall–Kier alpha value is -0.430. The first-order valence-corrected chi connectivity index (χ1v) is 8.98. The highest BCUT2D eigenvalue weighted by atomic mass is 32.2. The molecule has 1 heterocycles. The third-order valence-corrected chi connectivity index (χ3v) is 6.43. The first-order chi connectivity index (χ1) is 8.91. The van der Waals surface area contributed by atoms with Gasteiger partial charge in [0, 0.05) is 20.1 Å². The van der Waals surface area contributed by atoms with Gasteiger partial charge >= 0.3 is 0 Å². The smallest absolute Gasteiger partial charge is 0.252 e. The van der Waals surface area contributed by atoms with E-state index < -0.39 is 10.0 Å². The lowest BCUT2D eigenvalue weighted by atomic mass is 10.1. The molecule has 0 fully saturated rings. The second-order valence-electron chi connectivity index (χ2n) is 4.85. The average Bonchev–Trinajstić information content (AvgIpc) is 2.85. The van der Waals surface area contributed by atoms with E-state index in [2.05, 4.69) is 19.2 Å². The number of nitrogens with zero attached hydrogens (tertiary/aromatic N) is 1. The van der Waals surface area contributed by atoms with E-state index in [-0.39, 0.29) is 0 Å². The lowest BCUT2D eigenvalue weighted by Crippen LogP contribution is -2.30. The van der Waals surface area contributed by atoms with E-state index >= 15 is 0 Å². The van der Waals surface area contributed by atoms with E-state index in [1.54, 1.807) is 13.1 Å². The first-order valence-electron chi connectivity index (χ1n) is 6.66. The Kier molecular flexibility index (Phi) is 6.46. The molecule has 0 aromatic carbocycles. The van der Waals surface area contributed by atoms with Crippen molar-refractivity contribution in [1.29, 1.82) is 0 Å². The molecule has 0 bridgehead atoms. The van der Waals surface area contributed by atoms with E-state index in [4.69, 9.17) is 0 Å². The Morgan fingerprint density at radius 1 is 1.42 bits per heavy atom. The number of thiophene rings is 1. The summed E-state index contributed by atoms with van der Waals surface area (Å²) in [7, 11) is -1.67. The van der Waals surface area contributed by atoms with Gasteiger partial charge in [-0.2, -0.15) is 4.31 Å². The van der Waals surface area contributed by atoms with Crippen molar-refractivity contribution in [1.82, 2.24) is 9.62 Å². The normalized spacial score (nSPS) is 13.9. The highest BCUT2D eigenvalue weighted by molar-refractivity contribution is 7.91. The van der Waals surface area contributed by atoms with Crippen molar-refractivity contribution in [3.05, 3.63) is 17.0 Å². The molecular formula is C13H24N2O2S2. The fraction of sp³-hybridized carbons (Fsp3) is 0.692. The van der Waals surface area contributed by atoms with Gasteiger partial charge in [-0.3, -0.25) is 0 Å². The molecule has 1 N–H and O–H groups in total. The summed E-state index contributed by atoms with van der Waals surface area (Å²) in [6.45, 7) is 8.34. The monoisotopic (exact) mass is 304 g/mol. The SMILES string of the molecule is CCNCc1csc(S(=O)(=O)N(C)CC(C)CC)c1. The van der Waals surface area contributed by atoms with Crippen molar-refractivity contribution in [2.45, 2.75) is 37.9 Å². The van der Waals surface area contributed by atoms with Crippen LogP contribution in [-0.2, 0) is 16.6 Å². The molecule has 4 nitrogen and oxygen atoms in total. The van der Waals surface area contributed by atoms with Crippen LogP contribution in [-0.4, -0.2) is 32.9 Å². The molecule has 110 valence electrons. The van der Waals surface area contributed by atoms with Crippen LogP contribution in [0.3, 0.4) is 0 Å². The van der Waals surface area contributed by atoms with Crippen molar-refractivity contribution in [2.24, 2.45) is 5.92 Å². The Morgan fingerprint density at radius 3 is 2.68 bits per heavy atom. The predicted octanol–water partition coefficient (Wildman–Crippen LogP) is 2.52. The Morgan fingerprint density at radius 2 is 2.11 bits per heavy atom. The largest absolute Gasteiger partial charge is 0.313 e. The molecule has 19 heavy (non-hydrogen) atoms.